The molecule has 0 saturated carbocycles. The molecule has 0 fully saturated rings. The van der Waals surface area contributed by atoms with Crippen molar-refractivity contribution in [3.63, 3.8) is 0 Å². The Kier molecular flexibility index (Phi) is 6.55. The van der Waals surface area contributed by atoms with Crippen molar-refractivity contribution in [3.05, 3.63) is 194 Å². The van der Waals surface area contributed by atoms with E-state index in [0.29, 0.717) is 0 Å². The lowest BCUT2D eigenvalue weighted by molar-refractivity contribution is 0.669. The van der Waals surface area contributed by atoms with E-state index in [1.165, 1.54) is 43.4 Å². The molecule has 11 aromatic rings. The predicted octanol–water partition coefficient (Wildman–Crippen LogP) is 14.1. The number of anilines is 3. The molecule has 0 saturated heterocycles. The van der Waals surface area contributed by atoms with E-state index in [2.05, 4.69) is 191 Å². The van der Waals surface area contributed by atoms with Crippen LogP contribution >= 0.6 is 0 Å². The lowest BCUT2D eigenvalue weighted by atomic mass is 9.98. The lowest BCUT2D eigenvalue weighted by Crippen LogP contribution is -2.10. The maximum atomic E-state index is 6.24. The summed E-state index contributed by atoms with van der Waals surface area (Å²) in [6, 6.07) is 69.9. The van der Waals surface area contributed by atoms with Gasteiger partial charge in [-0.3, -0.25) is 0 Å². The third kappa shape index (κ3) is 4.68. The average molecular weight is 677 g/mol. The van der Waals surface area contributed by atoms with E-state index >= 15 is 0 Å². The molecule has 0 bridgehead atoms. The molecule has 2 aromatic heterocycles. The Bertz CT molecular complexity index is 3130. The first-order chi connectivity index (χ1) is 26.3. The summed E-state index contributed by atoms with van der Waals surface area (Å²) in [6.45, 7) is 0. The van der Waals surface area contributed by atoms with Gasteiger partial charge in [-0.25, -0.2) is 0 Å². The Morgan fingerprint density at radius 3 is 1.75 bits per heavy atom. The highest BCUT2D eigenvalue weighted by Crippen LogP contribution is 2.42. The summed E-state index contributed by atoms with van der Waals surface area (Å²) in [5.74, 6) is 0. The summed E-state index contributed by atoms with van der Waals surface area (Å²) in [7, 11) is 0. The summed E-state index contributed by atoms with van der Waals surface area (Å²) in [6.07, 6.45) is 0. The van der Waals surface area contributed by atoms with Crippen LogP contribution < -0.4 is 4.90 Å². The van der Waals surface area contributed by atoms with Gasteiger partial charge in [0.1, 0.15) is 11.2 Å². The van der Waals surface area contributed by atoms with E-state index in [4.69, 9.17) is 4.42 Å². The molecule has 2 heterocycles. The van der Waals surface area contributed by atoms with Crippen LogP contribution in [-0.4, -0.2) is 4.57 Å². The number of nitrogens with zero attached hydrogens (tertiary/aromatic N) is 2. The first kappa shape index (κ1) is 29.6. The van der Waals surface area contributed by atoms with Gasteiger partial charge in [0.15, 0.2) is 0 Å². The predicted molar refractivity (Wildman–Crippen MR) is 223 cm³/mol. The summed E-state index contributed by atoms with van der Waals surface area (Å²) in [4.78, 5) is 2.39. The fourth-order valence-corrected chi connectivity index (χ4v) is 8.35. The molecule has 248 valence electrons. The number of fused-ring (bicyclic) bond motifs is 9. The minimum absolute atomic E-state index is 0.902. The topological polar surface area (TPSA) is 21.3 Å². The second-order valence-corrected chi connectivity index (χ2v) is 13.7. The monoisotopic (exact) mass is 676 g/mol. The van der Waals surface area contributed by atoms with Gasteiger partial charge in [0.05, 0.1) is 11.0 Å². The zero-order chi connectivity index (χ0) is 34.9. The van der Waals surface area contributed by atoms with Gasteiger partial charge in [0, 0.05) is 44.3 Å². The number of hydrogen-bond donors (Lipinski definition) is 0. The van der Waals surface area contributed by atoms with Crippen LogP contribution in [0.15, 0.2) is 199 Å². The van der Waals surface area contributed by atoms with Crippen molar-refractivity contribution < 1.29 is 4.42 Å². The fraction of sp³-hybridized carbons (Fsp3) is 0. The van der Waals surface area contributed by atoms with Crippen LogP contribution in [-0.2, 0) is 0 Å². The van der Waals surface area contributed by atoms with E-state index in [1.54, 1.807) is 0 Å². The second-order valence-electron chi connectivity index (χ2n) is 13.7. The minimum Gasteiger partial charge on any atom is -0.456 e. The largest absolute Gasteiger partial charge is 0.456 e. The smallest absolute Gasteiger partial charge is 0.136 e. The molecular formula is C50H32N2O. The van der Waals surface area contributed by atoms with Crippen LogP contribution in [0.5, 0.6) is 0 Å². The molecule has 0 aliphatic heterocycles. The first-order valence-electron chi connectivity index (χ1n) is 18.1. The van der Waals surface area contributed by atoms with Crippen LogP contribution in [0.1, 0.15) is 0 Å². The molecule has 9 aromatic carbocycles. The fourth-order valence-electron chi connectivity index (χ4n) is 8.35. The van der Waals surface area contributed by atoms with Crippen molar-refractivity contribution in [1.29, 1.82) is 0 Å². The normalized spacial score (nSPS) is 11.8. The van der Waals surface area contributed by atoms with E-state index in [9.17, 15) is 0 Å². The highest BCUT2D eigenvalue weighted by molar-refractivity contribution is 6.13. The molecule has 0 aliphatic carbocycles. The molecular weight excluding hydrogens is 645 g/mol. The molecule has 11 rings (SSSR count). The average Bonchev–Trinajstić information content (AvgIpc) is 3.77. The molecule has 0 N–H and O–H groups in total. The maximum absolute atomic E-state index is 6.24. The van der Waals surface area contributed by atoms with Crippen LogP contribution in [0.25, 0.3) is 82.1 Å². The third-order valence-corrected chi connectivity index (χ3v) is 10.8. The number of para-hydroxylation sites is 3. The van der Waals surface area contributed by atoms with Gasteiger partial charge in [-0.15, -0.1) is 0 Å². The van der Waals surface area contributed by atoms with Crippen molar-refractivity contribution in [2.45, 2.75) is 0 Å². The highest BCUT2D eigenvalue weighted by atomic mass is 16.3. The Labute approximate surface area is 306 Å². The van der Waals surface area contributed by atoms with E-state index in [-0.39, 0.29) is 0 Å². The lowest BCUT2D eigenvalue weighted by Gasteiger charge is -2.27. The van der Waals surface area contributed by atoms with Crippen LogP contribution in [0.2, 0.25) is 0 Å². The molecule has 3 heteroatoms. The van der Waals surface area contributed by atoms with Gasteiger partial charge in [0.25, 0.3) is 0 Å². The summed E-state index contributed by atoms with van der Waals surface area (Å²) in [5.41, 5.74) is 10.9. The number of furan rings is 1. The van der Waals surface area contributed by atoms with Gasteiger partial charge in [-0.2, -0.15) is 0 Å². The second kappa shape index (κ2) is 11.7. The molecule has 0 aliphatic rings. The number of rotatable bonds is 5. The van der Waals surface area contributed by atoms with Gasteiger partial charge < -0.3 is 13.9 Å². The van der Waals surface area contributed by atoms with Crippen molar-refractivity contribution in [2.75, 3.05) is 4.90 Å². The number of hydrogen-bond acceptors (Lipinski definition) is 2. The zero-order valence-electron chi connectivity index (χ0n) is 28.8. The standard InChI is InChI=1S/C50H32N2O/c1-2-14-40-33(11-1)23-24-35-27-30-39(32-45(35)40)51(36-28-25-34(26-29-36)41-18-10-22-49-50(41)44-17-5-8-21-48(44)53-49)37-12-9-13-38(31-37)52-46-19-6-3-15-42(46)43-16-4-7-20-47(43)52/h1-32H. The van der Waals surface area contributed by atoms with Crippen molar-refractivity contribution in [3.8, 4) is 16.8 Å². The maximum Gasteiger partial charge on any atom is 0.136 e. The molecule has 3 nitrogen and oxygen atoms in total. The van der Waals surface area contributed by atoms with E-state index in [0.717, 1.165) is 55.8 Å². The Balaban J connectivity index is 1.11. The molecule has 0 atom stereocenters. The van der Waals surface area contributed by atoms with E-state index in [1.807, 2.05) is 12.1 Å². The minimum atomic E-state index is 0.902. The first-order valence-corrected chi connectivity index (χ1v) is 18.1. The molecule has 0 radical (unpaired) electrons. The Morgan fingerprint density at radius 2 is 0.962 bits per heavy atom. The Hall–Kier alpha value is -7.10. The molecule has 0 spiro atoms. The van der Waals surface area contributed by atoms with E-state index < -0.39 is 0 Å². The number of aromatic nitrogens is 1. The van der Waals surface area contributed by atoms with Crippen LogP contribution in [0.3, 0.4) is 0 Å². The summed E-state index contributed by atoms with van der Waals surface area (Å²) < 4.78 is 8.63. The van der Waals surface area contributed by atoms with Crippen LogP contribution in [0, 0.1) is 0 Å². The van der Waals surface area contributed by atoms with Crippen molar-refractivity contribution in [2.24, 2.45) is 0 Å². The van der Waals surface area contributed by atoms with Gasteiger partial charge >= 0.3 is 0 Å². The third-order valence-electron chi connectivity index (χ3n) is 10.8. The zero-order valence-corrected chi connectivity index (χ0v) is 28.8. The Morgan fingerprint density at radius 1 is 0.377 bits per heavy atom. The summed E-state index contributed by atoms with van der Waals surface area (Å²) in [5, 5.41) is 9.73. The van der Waals surface area contributed by atoms with Gasteiger partial charge in [-0.05, 0) is 99.4 Å². The SMILES string of the molecule is c1cc(N(c2ccc(-c3cccc4oc5ccccc5c34)cc2)c2ccc3ccc4ccccc4c3c2)cc(-n2c3ccccc3c3ccccc32)c1. The summed E-state index contributed by atoms with van der Waals surface area (Å²) >= 11 is 0. The molecule has 0 amide bonds. The van der Waals surface area contributed by atoms with Crippen molar-refractivity contribution in [1.82, 2.24) is 4.57 Å². The molecule has 53 heavy (non-hydrogen) atoms. The number of benzene rings is 9. The highest BCUT2D eigenvalue weighted by Gasteiger charge is 2.18. The van der Waals surface area contributed by atoms with Crippen molar-refractivity contribution >= 4 is 82.4 Å². The van der Waals surface area contributed by atoms with Crippen LogP contribution in [0.4, 0.5) is 17.1 Å². The van der Waals surface area contributed by atoms with Gasteiger partial charge in [-0.1, -0.05) is 127 Å². The quantitative estimate of drug-likeness (QED) is 0.169. The van der Waals surface area contributed by atoms with Gasteiger partial charge in [0.2, 0.25) is 0 Å². The molecule has 0 unspecified atom stereocenters.